The Morgan fingerprint density at radius 1 is 1.56 bits per heavy atom. The van der Waals surface area contributed by atoms with Crippen LogP contribution in [0.25, 0.3) is 11.0 Å². The zero-order valence-corrected chi connectivity index (χ0v) is 11.3. The molecule has 0 aliphatic rings. The highest BCUT2D eigenvalue weighted by Gasteiger charge is 2.16. The van der Waals surface area contributed by atoms with Crippen LogP contribution in [0.2, 0.25) is 5.15 Å². The number of halogens is 1. The van der Waals surface area contributed by atoms with Crippen LogP contribution in [-0.2, 0) is 6.54 Å². The average Bonchev–Trinajstić information content (AvgIpc) is 2.73. The molecule has 18 heavy (non-hydrogen) atoms. The van der Waals surface area contributed by atoms with E-state index in [0.29, 0.717) is 24.7 Å². The zero-order chi connectivity index (χ0) is 13.2. The van der Waals surface area contributed by atoms with Crippen LogP contribution in [0.1, 0.15) is 26.0 Å². The van der Waals surface area contributed by atoms with Gasteiger partial charge in [-0.05, 0) is 25.5 Å². The Hall–Kier alpha value is -1.10. The highest BCUT2D eigenvalue weighted by atomic mass is 35.5. The van der Waals surface area contributed by atoms with Gasteiger partial charge in [0.1, 0.15) is 16.5 Å². The molecule has 0 saturated heterocycles. The van der Waals surface area contributed by atoms with Crippen molar-refractivity contribution in [2.24, 2.45) is 0 Å². The Morgan fingerprint density at radius 3 is 3.00 bits per heavy atom. The number of nitrogens with zero attached hydrogens (tertiary/aromatic N) is 1. The molecule has 0 saturated carbocycles. The predicted molar refractivity (Wildman–Crippen MR) is 71.6 cm³/mol. The van der Waals surface area contributed by atoms with Gasteiger partial charge in [0.15, 0.2) is 0 Å². The summed E-state index contributed by atoms with van der Waals surface area (Å²) in [6.07, 6.45) is 2.32. The minimum atomic E-state index is -0.689. The molecule has 2 N–H and O–H groups in total. The van der Waals surface area contributed by atoms with Crippen molar-refractivity contribution in [2.45, 2.75) is 32.4 Å². The van der Waals surface area contributed by atoms with E-state index in [4.69, 9.17) is 16.0 Å². The summed E-state index contributed by atoms with van der Waals surface area (Å²) in [6, 6.07) is 3.66. The van der Waals surface area contributed by atoms with Crippen LogP contribution in [-0.4, -0.2) is 22.2 Å². The van der Waals surface area contributed by atoms with Crippen molar-refractivity contribution in [1.82, 2.24) is 10.3 Å². The van der Waals surface area contributed by atoms with Crippen molar-refractivity contribution in [1.29, 1.82) is 0 Å². The number of rotatable bonds is 5. The third-order valence-corrected chi connectivity index (χ3v) is 3.32. The molecule has 0 aliphatic heterocycles. The molecular formula is C13H17ClN2O2. The Kier molecular flexibility index (Phi) is 3.90. The summed E-state index contributed by atoms with van der Waals surface area (Å²) in [5.41, 5.74) is 0.0413. The standard InChI is InChI=1S/C13H17ClN2O2/c1-3-13(2,17)8-15-7-9-6-10-11(18-9)4-5-16-12(10)14/h4-6,15,17H,3,7-8H2,1-2H3/t13-/m0/s1. The van der Waals surface area contributed by atoms with Crippen LogP contribution >= 0.6 is 11.6 Å². The van der Waals surface area contributed by atoms with E-state index in [9.17, 15) is 5.11 Å². The van der Waals surface area contributed by atoms with E-state index in [1.807, 2.05) is 13.0 Å². The maximum atomic E-state index is 9.86. The van der Waals surface area contributed by atoms with Gasteiger partial charge < -0.3 is 14.8 Å². The molecule has 98 valence electrons. The van der Waals surface area contributed by atoms with E-state index in [1.54, 1.807) is 19.2 Å². The first-order valence-electron chi connectivity index (χ1n) is 5.98. The van der Waals surface area contributed by atoms with Crippen molar-refractivity contribution in [3.63, 3.8) is 0 Å². The molecule has 5 heteroatoms. The molecule has 2 aromatic heterocycles. The third-order valence-electron chi connectivity index (χ3n) is 3.01. The fraction of sp³-hybridized carbons (Fsp3) is 0.462. The van der Waals surface area contributed by atoms with Gasteiger partial charge in [0.2, 0.25) is 0 Å². The van der Waals surface area contributed by atoms with Gasteiger partial charge in [-0.2, -0.15) is 0 Å². The van der Waals surface area contributed by atoms with Gasteiger partial charge >= 0.3 is 0 Å². The van der Waals surface area contributed by atoms with Gasteiger partial charge in [-0.15, -0.1) is 0 Å². The molecule has 0 aliphatic carbocycles. The maximum Gasteiger partial charge on any atom is 0.140 e. The molecule has 2 rings (SSSR count). The van der Waals surface area contributed by atoms with Gasteiger partial charge in [-0.3, -0.25) is 0 Å². The molecule has 0 aromatic carbocycles. The van der Waals surface area contributed by atoms with Crippen LogP contribution in [0, 0.1) is 0 Å². The lowest BCUT2D eigenvalue weighted by Gasteiger charge is -2.21. The number of fused-ring (bicyclic) bond motifs is 1. The second-order valence-corrected chi connectivity index (χ2v) is 5.04. The van der Waals surface area contributed by atoms with E-state index in [2.05, 4.69) is 10.3 Å². The third kappa shape index (κ3) is 3.02. The quantitative estimate of drug-likeness (QED) is 0.819. The highest BCUT2D eigenvalue weighted by Crippen LogP contribution is 2.24. The molecule has 0 spiro atoms. The SMILES string of the molecule is CC[C@](C)(O)CNCc1cc2c(Cl)nccc2o1. The number of pyridine rings is 1. The van der Waals surface area contributed by atoms with Crippen molar-refractivity contribution < 1.29 is 9.52 Å². The zero-order valence-electron chi connectivity index (χ0n) is 10.5. The molecule has 1 atom stereocenters. The monoisotopic (exact) mass is 268 g/mol. The first-order chi connectivity index (χ1) is 8.52. The van der Waals surface area contributed by atoms with Crippen molar-refractivity contribution >= 4 is 22.6 Å². The Bertz CT molecular complexity index is 537. The van der Waals surface area contributed by atoms with E-state index in [0.717, 1.165) is 16.7 Å². The summed E-state index contributed by atoms with van der Waals surface area (Å²) in [6.45, 7) is 4.83. The van der Waals surface area contributed by atoms with Crippen LogP contribution < -0.4 is 5.32 Å². The summed E-state index contributed by atoms with van der Waals surface area (Å²) in [5.74, 6) is 0.784. The maximum absolute atomic E-state index is 9.86. The Morgan fingerprint density at radius 2 is 2.33 bits per heavy atom. The van der Waals surface area contributed by atoms with Gasteiger partial charge in [0.25, 0.3) is 0 Å². The second-order valence-electron chi connectivity index (χ2n) is 4.68. The van der Waals surface area contributed by atoms with Crippen LogP contribution in [0.3, 0.4) is 0 Å². The molecule has 0 amide bonds. The summed E-state index contributed by atoms with van der Waals surface area (Å²) in [5, 5.41) is 14.3. The van der Waals surface area contributed by atoms with Gasteiger partial charge in [0.05, 0.1) is 17.5 Å². The van der Waals surface area contributed by atoms with Crippen LogP contribution in [0.5, 0.6) is 0 Å². The predicted octanol–water partition coefficient (Wildman–Crippen LogP) is 2.73. The lowest BCUT2D eigenvalue weighted by atomic mass is 10.0. The highest BCUT2D eigenvalue weighted by molar-refractivity contribution is 6.34. The lowest BCUT2D eigenvalue weighted by molar-refractivity contribution is 0.0552. The molecule has 0 fully saturated rings. The molecule has 0 bridgehead atoms. The first-order valence-corrected chi connectivity index (χ1v) is 6.35. The molecular weight excluding hydrogens is 252 g/mol. The molecule has 4 nitrogen and oxygen atoms in total. The normalized spacial score (nSPS) is 14.9. The number of nitrogens with one attached hydrogen (secondary N) is 1. The summed E-state index contributed by atoms with van der Waals surface area (Å²) in [7, 11) is 0. The molecule has 2 aromatic rings. The largest absolute Gasteiger partial charge is 0.460 e. The van der Waals surface area contributed by atoms with E-state index >= 15 is 0 Å². The second kappa shape index (κ2) is 5.26. The molecule has 0 unspecified atom stereocenters. The number of hydrogen-bond acceptors (Lipinski definition) is 4. The number of aliphatic hydroxyl groups is 1. The Balaban J connectivity index is 2.02. The van der Waals surface area contributed by atoms with E-state index in [1.165, 1.54) is 0 Å². The number of furan rings is 1. The average molecular weight is 269 g/mol. The van der Waals surface area contributed by atoms with Gasteiger partial charge in [0, 0.05) is 12.7 Å². The minimum absolute atomic E-state index is 0.447. The number of aromatic nitrogens is 1. The van der Waals surface area contributed by atoms with E-state index < -0.39 is 5.60 Å². The van der Waals surface area contributed by atoms with Crippen LogP contribution in [0.4, 0.5) is 0 Å². The fourth-order valence-electron chi connectivity index (χ4n) is 1.65. The topological polar surface area (TPSA) is 58.3 Å². The van der Waals surface area contributed by atoms with Crippen molar-refractivity contribution in [2.75, 3.05) is 6.54 Å². The Labute approximate surface area is 111 Å². The summed E-state index contributed by atoms with van der Waals surface area (Å²) in [4.78, 5) is 4.00. The van der Waals surface area contributed by atoms with Crippen LogP contribution in [0.15, 0.2) is 22.7 Å². The first kappa shape index (κ1) is 13.3. The smallest absolute Gasteiger partial charge is 0.140 e. The van der Waals surface area contributed by atoms with E-state index in [-0.39, 0.29) is 0 Å². The fourth-order valence-corrected chi connectivity index (χ4v) is 1.85. The minimum Gasteiger partial charge on any atom is -0.460 e. The lowest BCUT2D eigenvalue weighted by Crippen LogP contribution is -2.36. The number of hydrogen-bond donors (Lipinski definition) is 2. The van der Waals surface area contributed by atoms with Gasteiger partial charge in [-0.25, -0.2) is 4.98 Å². The summed E-state index contributed by atoms with van der Waals surface area (Å²) >= 11 is 5.97. The van der Waals surface area contributed by atoms with Gasteiger partial charge in [-0.1, -0.05) is 18.5 Å². The summed E-state index contributed by atoms with van der Waals surface area (Å²) < 4.78 is 5.63. The van der Waals surface area contributed by atoms with Crippen molar-refractivity contribution in [3.05, 3.63) is 29.2 Å². The molecule has 2 heterocycles. The van der Waals surface area contributed by atoms with Crippen molar-refractivity contribution in [3.8, 4) is 0 Å². The molecule has 0 radical (unpaired) electrons.